The third-order valence-corrected chi connectivity index (χ3v) is 2.96. The van der Waals surface area contributed by atoms with E-state index in [1.54, 1.807) is 0 Å². The first kappa shape index (κ1) is 8.69. The van der Waals surface area contributed by atoms with Crippen molar-refractivity contribution >= 4 is 11.8 Å². The zero-order valence-electron chi connectivity index (χ0n) is 7.75. The first-order valence-corrected chi connectivity index (χ1v) is 4.81. The number of amides is 2. The van der Waals surface area contributed by atoms with E-state index in [9.17, 15) is 9.59 Å². The van der Waals surface area contributed by atoms with Crippen molar-refractivity contribution in [3.63, 3.8) is 0 Å². The number of hydrogen-bond donors (Lipinski definition) is 1. The van der Waals surface area contributed by atoms with Gasteiger partial charge in [-0.2, -0.15) is 0 Å². The number of rotatable bonds is 1. The summed E-state index contributed by atoms with van der Waals surface area (Å²) >= 11 is 0. The normalized spacial score (nSPS) is 33.8. The van der Waals surface area contributed by atoms with Crippen LogP contribution >= 0.6 is 0 Å². The molecule has 2 rings (SSSR count). The summed E-state index contributed by atoms with van der Waals surface area (Å²) in [6.45, 7) is 3.90. The van der Waals surface area contributed by atoms with Crippen LogP contribution in [0.3, 0.4) is 0 Å². The molecule has 13 heavy (non-hydrogen) atoms. The SMILES string of the molecule is CCN1C(=O)[C@H]2CCNC[C@H]2C1=O. The number of carbonyl (C=O) groups is 2. The van der Waals surface area contributed by atoms with Gasteiger partial charge >= 0.3 is 0 Å². The van der Waals surface area contributed by atoms with Gasteiger partial charge in [0.25, 0.3) is 0 Å². The van der Waals surface area contributed by atoms with Gasteiger partial charge in [0, 0.05) is 13.1 Å². The third-order valence-electron chi connectivity index (χ3n) is 2.96. The number of nitrogens with one attached hydrogen (secondary N) is 1. The van der Waals surface area contributed by atoms with Gasteiger partial charge in [-0.15, -0.1) is 0 Å². The summed E-state index contributed by atoms with van der Waals surface area (Å²) in [5.41, 5.74) is 0. The van der Waals surface area contributed by atoms with Crippen LogP contribution in [-0.2, 0) is 9.59 Å². The second-order valence-electron chi connectivity index (χ2n) is 3.63. The monoisotopic (exact) mass is 182 g/mol. The van der Waals surface area contributed by atoms with Crippen molar-refractivity contribution in [3.8, 4) is 0 Å². The van der Waals surface area contributed by atoms with E-state index in [1.165, 1.54) is 4.90 Å². The van der Waals surface area contributed by atoms with Gasteiger partial charge in [0.2, 0.25) is 11.8 Å². The minimum atomic E-state index is -0.0822. The molecule has 4 heteroatoms. The lowest BCUT2D eigenvalue weighted by atomic mass is 9.89. The van der Waals surface area contributed by atoms with E-state index in [0.29, 0.717) is 13.1 Å². The second-order valence-corrected chi connectivity index (χ2v) is 3.63. The van der Waals surface area contributed by atoms with Crippen molar-refractivity contribution in [2.75, 3.05) is 19.6 Å². The van der Waals surface area contributed by atoms with Crippen LogP contribution in [0.1, 0.15) is 13.3 Å². The number of hydrogen-bond acceptors (Lipinski definition) is 3. The lowest BCUT2D eigenvalue weighted by Gasteiger charge is -2.21. The van der Waals surface area contributed by atoms with E-state index in [4.69, 9.17) is 0 Å². The Labute approximate surface area is 77.3 Å². The summed E-state index contributed by atoms with van der Waals surface area (Å²) in [5.74, 6) is -0.0569. The first-order chi connectivity index (χ1) is 6.25. The highest BCUT2D eigenvalue weighted by Crippen LogP contribution is 2.30. The highest BCUT2D eigenvalue weighted by atomic mass is 16.2. The Morgan fingerprint density at radius 3 is 2.69 bits per heavy atom. The van der Waals surface area contributed by atoms with Crippen LogP contribution in [0.15, 0.2) is 0 Å². The Kier molecular flexibility index (Phi) is 2.07. The van der Waals surface area contributed by atoms with Crippen molar-refractivity contribution in [2.45, 2.75) is 13.3 Å². The van der Waals surface area contributed by atoms with Crippen molar-refractivity contribution in [3.05, 3.63) is 0 Å². The summed E-state index contributed by atoms with van der Waals surface area (Å²) in [6.07, 6.45) is 0.811. The Bertz CT molecular complexity index is 228. The average Bonchev–Trinajstić information content (AvgIpc) is 2.41. The Morgan fingerprint density at radius 1 is 1.38 bits per heavy atom. The van der Waals surface area contributed by atoms with E-state index in [2.05, 4.69) is 5.32 Å². The summed E-state index contributed by atoms with van der Waals surface area (Å²) in [6, 6.07) is 0. The van der Waals surface area contributed by atoms with Crippen LogP contribution < -0.4 is 5.32 Å². The number of piperidine rings is 1. The molecule has 0 aliphatic carbocycles. The van der Waals surface area contributed by atoms with E-state index < -0.39 is 0 Å². The molecular weight excluding hydrogens is 168 g/mol. The van der Waals surface area contributed by atoms with Crippen LogP contribution in [0.25, 0.3) is 0 Å². The van der Waals surface area contributed by atoms with E-state index >= 15 is 0 Å². The molecule has 1 N–H and O–H groups in total. The molecule has 2 heterocycles. The smallest absolute Gasteiger partial charge is 0.234 e. The highest BCUT2D eigenvalue weighted by molar-refractivity contribution is 6.05. The van der Waals surface area contributed by atoms with Gasteiger partial charge in [-0.3, -0.25) is 14.5 Å². The van der Waals surface area contributed by atoms with Gasteiger partial charge in [0.15, 0.2) is 0 Å². The number of imide groups is 1. The summed E-state index contributed by atoms with van der Waals surface area (Å²) in [7, 11) is 0. The fourth-order valence-electron chi connectivity index (χ4n) is 2.23. The van der Waals surface area contributed by atoms with Gasteiger partial charge < -0.3 is 5.32 Å². The van der Waals surface area contributed by atoms with E-state index in [1.807, 2.05) is 6.92 Å². The molecule has 2 fully saturated rings. The van der Waals surface area contributed by atoms with Crippen LogP contribution in [0.4, 0.5) is 0 Å². The molecule has 0 aromatic heterocycles. The number of nitrogens with zero attached hydrogens (tertiary/aromatic N) is 1. The maximum Gasteiger partial charge on any atom is 0.234 e. The fourth-order valence-corrected chi connectivity index (χ4v) is 2.23. The molecule has 0 aromatic rings. The molecule has 2 amide bonds. The summed E-state index contributed by atoms with van der Waals surface area (Å²) in [4.78, 5) is 24.7. The minimum absolute atomic E-state index is 0.0182. The first-order valence-electron chi connectivity index (χ1n) is 4.81. The molecule has 4 nitrogen and oxygen atoms in total. The van der Waals surface area contributed by atoms with Gasteiger partial charge in [0.1, 0.15) is 0 Å². The summed E-state index contributed by atoms with van der Waals surface area (Å²) < 4.78 is 0. The van der Waals surface area contributed by atoms with Crippen LogP contribution in [0, 0.1) is 11.8 Å². The Balaban J connectivity index is 2.22. The molecule has 0 saturated carbocycles. The topological polar surface area (TPSA) is 49.4 Å². The molecule has 0 spiro atoms. The quantitative estimate of drug-likeness (QED) is 0.561. The average molecular weight is 182 g/mol. The van der Waals surface area contributed by atoms with Crippen molar-refractivity contribution in [1.82, 2.24) is 10.2 Å². The predicted octanol–water partition coefficient (Wildman–Crippen LogP) is -0.399. The second kappa shape index (κ2) is 3.10. The maximum atomic E-state index is 11.7. The molecule has 72 valence electrons. The van der Waals surface area contributed by atoms with Gasteiger partial charge in [-0.25, -0.2) is 0 Å². The van der Waals surface area contributed by atoms with Gasteiger partial charge in [-0.05, 0) is 19.9 Å². The lowest BCUT2D eigenvalue weighted by Crippen LogP contribution is -2.38. The van der Waals surface area contributed by atoms with Crippen molar-refractivity contribution in [2.24, 2.45) is 11.8 Å². The number of fused-ring (bicyclic) bond motifs is 1. The maximum absolute atomic E-state index is 11.7. The summed E-state index contributed by atoms with van der Waals surface area (Å²) in [5, 5.41) is 3.15. The Morgan fingerprint density at radius 2 is 2.08 bits per heavy atom. The number of likely N-dealkylation sites (tertiary alicyclic amines) is 1. The fraction of sp³-hybridized carbons (Fsp3) is 0.778. The highest BCUT2D eigenvalue weighted by Gasteiger charge is 2.47. The lowest BCUT2D eigenvalue weighted by molar-refractivity contribution is -0.139. The molecule has 0 radical (unpaired) electrons. The minimum Gasteiger partial charge on any atom is -0.316 e. The van der Waals surface area contributed by atoms with Gasteiger partial charge in [0.05, 0.1) is 11.8 Å². The standard InChI is InChI=1S/C9H14N2O2/c1-2-11-8(12)6-3-4-10-5-7(6)9(11)13/h6-7,10H,2-5H2,1H3/t6-,7+/m0/s1. The molecule has 2 saturated heterocycles. The largest absolute Gasteiger partial charge is 0.316 e. The third kappa shape index (κ3) is 1.16. The molecule has 0 unspecified atom stereocenters. The zero-order valence-corrected chi connectivity index (χ0v) is 7.75. The van der Waals surface area contributed by atoms with E-state index in [0.717, 1.165) is 13.0 Å². The Hall–Kier alpha value is -0.900. The van der Waals surface area contributed by atoms with Crippen LogP contribution in [0.2, 0.25) is 0 Å². The van der Waals surface area contributed by atoms with E-state index in [-0.39, 0.29) is 23.7 Å². The van der Waals surface area contributed by atoms with Crippen LogP contribution in [-0.4, -0.2) is 36.3 Å². The molecule has 0 bridgehead atoms. The zero-order chi connectivity index (χ0) is 9.42. The molecular formula is C9H14N2O2. The van der Waals surface area contributed by atoms with Crippen LogP contribution in [0.5, 0.6) is 0 Å². The van der Waals surface area contributed by atoms with Gasteiger partial charge in [-0.1, -0.05) is 0 Å². The molecule has 2 aliphatic heterocycles. The molecule has 0 aromatic carbocycles. The molecule has 2 atom stereocenters. The predicted molar refractivity (Wildman–Crippen MR) is 46.9 cm³/mol. The molecule has 2 aliphatic rings. The van der Waals surface area contributed by atoms with Crippen molar-refractivity contribution in [1.29, 1.82) is 0 Å². The number of carbonyl (C=O) groups excluding carboxylic acids is 2. The van der Waals surface area contributed by atoms with Crippen molar-refractivity contribution < 1.29 is 9.59 Å².